The summed E-state index contributed by atoms with van der Waals surface area (Å²) in [7, 11) is 0. The minimum atomic E-state index is -1.08. The smallest absolute Gasteiger partial charge is 0.407 e. The van der Waals surface area contributed by atoms with Gasteiger partial charge in [-0.2, -0.15) is 5.06 Å². The van der Waals surface area contributed by atoms with Crippen molar-refractivity contribution < 1.29 is 24.6 Å². The van der Waals surface area contributed by atoms with E-state index >= 15 is 0 Å². The standard InChI is InChI=1S/C25H30N2O5/c1-24(2)13-20(21(22(28)29)25(3,4)27(24)31)26-23(30)32-14-19-17-11-7-5-9-15(17)16-10-6-8-12-18(16)19/h5-12,19-21,31H,13-14H2,1-4H3,(H,26,30)(H,28,29)/t20-,21+/m1/s1. The van der Waals surface area contributed by atoms with Crippen molar-refractivity contribution in [3.8, 4) is 11.1 Å². The van der Waals surface area contributed by atoms with Crippen molar-refractivity contribution >= 4 is 12.1 Å². The van der Waals surface area contributed by atoms with E-state index < -0.39 is 35.1 Å². The minimum absolute atomic E-state index is 0.0735. The minimum Gasteiger partial charge on any atom is -0.481 e. The van der Waals surface area contributed by atoms with E-state index in [-0.39, 0.29) is 18.9 Å². The average molecular weight is 439 g/mol. The molecule has 7 nitrogen and oxygen atoms in total. The number of piperidine rings is 1. The number of hydrogen-bond acceptors (Lipinski definition) is 5. The fourth-order valence-corrected chi connectivity index (χ4v) is 5.55. The summed E-state index contributed by atoms with van der Waals surface area (Å²) in [6, 6.07) is 15.5. The van der Waals surface area contributed by atoms with E-state index in [0.717, 1.165) is 27.3 Å². The predicted octanol–water partition coefficient (Wildman–Crippen LogP) is 4.25. The van der Waals surface area contributed by atoms with Crippen LogP contribution < -0.4 is 5.32 Å². The monoisotopic (exact) mass is 438 g/mol. The number of hydrogen-bond donors (Lipinski definition) is 3. The normalized spacial score (nSPS) is 23.8. The van der Waals surface area contributed by atoms with Crippen molar-refractivity contribution in [1.82, 2.24) is 10.4 Å². The van der Waals surface area contributed by atoms with Crippen LogP contribution in [-0.4, -0.2) is 51.2 Å². The third kappa shape index (κ3) is 3.65. The van der Waals surface area contributed by atoms with Crippen LogP contribution in [0.15, 0.2) is 48.5 Å². The van der Waals surface area contributed by atoms with Gasteiger partial charge in [-0.25, -0.2) is 4.79 Å². The van der Waals surface area contributed by atoms with Crippen LogP contribution in [0.4, 0.5) is 4.79 Å². The molecule has 1 aliphatic carbocycles. The fraction of sp³-hybridized carbons (Fsp3) is 0.440. The molecule has 3 N–H and O–H groups in total. The second-order valence-electron chi connectivity index (χ2n) is 9.87. The van der Waals surface area contributed by atoms with Gasteiger partial charge in [-0.15, -0.1) is 0 Å². The molecule has 170 valence electrons. The molecule has 1 aliphatic heterocycles. The third-order valence-corrected chi connectivity index (χ3v) is 6.92. The maximum absolute atomic E-state index is 12.8. The van der Waals surface area contributed by atoms with Crippen molar-refractivity contribution in [2.75, 3.05) is 6.61 Å². The van der Waals surface area contributed by atoms with Gasteiger partial charge in [0.25, 0.3) is 0 Å². The number of aliphatic carboxylic acids is 1. The van der Waals surface area contributed by atoms with Gasteiger partial charge in [-0.1, -0.05) is 48.5 Å². The van der Waals surface area contributed by atoms with Gasteiger partial charge in [0.2, 0.25) is 0 Å². The summed E-state index contributed by atoms with van der Waals surface area (Å²) < 4.78 is 5.61. The third-order valence-electron chi connectivity index (χ3n) is 6.92. The van der Waals surface area contributed by atoms with Crippen molar-refractivity contribution in [2.24, 2.45) is 5.92 Å². The molecule has 2 aromatic rings. The van der Waals surface area contributed by atoms with Crippen LogP contribution in [0.1, 0.15) is 51.2 Å². The maximum Gasteiger partial charge on any atom is 0.407 e. The molecular weight excluding hydrogens is 408 g/mol. The summed E-state index contributed by atoms with van der Waals surface area (Å²) >= 11 is 0. The Morgan fingerprint density at radius 3 is 2.09 bits per heavy atom. The van der Waals surface area contributed by atoms with Crippen LogP contribution in [-0.2, 0) is 9.53 Å². The number of carboxylic acid groups (broad SMARTS) is 1. The molecule has 1 heterocycles. The number of ether oxygens (including phenoxy) is 1. The first-order valence-corrected chi connectivity index (χ1v) is 10.9. The van der Waals surface area contributed by atoms with Gasteiger partial charge < -0.3 is 20.4 Å². The Balaban J connectivity index is 1.50. The lowest BCUT2D eigenvalue weighted by Gasteiger charge is -2.54. The highest BCUT2D eigenvalue weighted by Crippen LogP contribution is 2.45. The van der Waals surface area contributed by atoms with E-state index in [0.29, 0.717) is 0 Å². The summed E-state index contributed by atoms with van der Waals surface area (Å²) in [6.07, 6.45) is -0.380. The SMILES string of the molecule is CC1(C)C[C@@H](NC(=O)OCC2c3ccccc3-c3ccccc32)[C@@H](C(=O)O)C(C)(C)N1O. The van der Waals surface area contributed by atoms with Crippen molar-refractivity contribution in [3.63, 3.8) is 0 Å². The molecule has 4 rings (SSSR count). The number of benzene rings is 2. The van der Waals surface area contributed by atoms with Gasteiger partial charge in [0, 0.05) is 17.5 Å². The van der Waals surface area contributed by atoms with Gasteiger partial charge in [0.1, 0.15) is 6.61 Å². The number of carboxylic acids is 1. The van der Waals surface area contributed by atoms with Crippen molar-refractivity contribution in [3.05, 3.63) is 59.7 Å². The lowest BCUT2D eigenvalue weighted by atomic mass is 9.71. The molecule has 1 fully saturated rings. The van der Waals surface area contributed by atoms with E-state index in [1.165, 1.54) is 0 Å². The van der Waals surface area contributed by atoms with Crippen LogP contribution in [0.25, 0.3) is 11.1 Å². The van der Waals surface area contributed by atoms with Crippen LogP contribution >= 0.6 is 0 Å². The molecule has 32 heavy (non-hydrogen) atoms. The first kappa shape index (κ1) is 22.3. The molecule has 1 saturated heterocycles. The first-order chi connectivity index (χ1) is 15.0. The van der Waals surface area contributed by atoms with E-state index in [4.69, 9.17) is 4.74 Å². The summed E-state index contributed by atoms with van der Waals surface area (Å²) in [6.45, 7) is 7.12. The Morgan fingerprint density at radius 2 is 1.56 bits per heavy atom. The maximum atomic E-state index is 12.8. The number of carbonyl (C=O) groups excluding carboxylic acids is 1. The molecule has 2 aliphatic rings. The average Bonchev–Trinajstić information content (AvgIpc) is 3.04. The molecular formula is C25H30N2O5. The quantitative estimate of drug-likeness (QED) is 0.660. The number of fused-ring (bicyclic) bond motifs is 3. The van der Waals surface area contributed by atoms with Gasteiger partial charge in [0.05, 0.1) is 11.5 Å². The summed E-state index contributed by atoms with van der Waals surface area (Å²) in [4.78, 5) is 24.8. The number of nitrogens with one attached hydrogen (secondary N) is 1. The van der Waals surface area contributed by atoms with Crippen LogP contribution in [0.5, 0.6) is 0 Å². The number of amides is 1. The van der Waals surface area contributed by atoms with Gasteiger partial charge in [-0.05, 0) is 56.4 Å². The van der Waals surface area contributed by atoms with Gasteiger partial charge in [-0.3, -0.25) is 4.79 Å². The Morgan fingerprint density at radius 1 is 1.03 bits per heavy atom. The second kappa shape index (κ2) is 7.90. The second-order valence-corrected chi connectivity index (χ2v) is 9.87. The van der Waals surface area contributed by atoms with E-state index in [1.807, 2.05) is 50.2 Å². The number of hydroxylamine groups is 2. The van der Waals surface area contributed by atoms with E-state index in [2.05, 4.69) is 17.4 Å². The largest absolute Gasteiger partial charge is 0.481 e. The highest BCUT2D eigenvalue weighted by Gasteiger charge is 2.55. The molecule has 0 spiro atoms. The molecule has 0 aromatic heterocycles. The first-order valence-electron chi connectivity index (χ1n) is 10.9. The molecule has 2 aromatic carbocycles. The number of carbonyl (C=O) groups is 2. The summed E-state index contributed by atoms with van der Waals surface area (Å²) in [5.74, 6) is -2.15. The summed E-state index contributed by atoms with van der Waals surface area (Å²) in [5.41, 5.74) is 2.72. The Kier molecular flexibility index (Phi) is 5.51. The molecule has 0 unspecified atom stereocenters. The zero-order valence-corrected chi connectivity index (χ0v) is 18.8. The van der Waals surface area contributed by atoms with Crippen LogP contribution in [0.2, 0.25) is 0 Å². The lowest BCUT2D eigenvalue weighted by molar-refractivity contribution is -0.263. The highest BCUT2D eigenvalue weighted by atomic mass is 16.5. The predicted molar refractivity (Wildman–Crippen MR) is 120 cm³/mol. The molecule has 0 saturated carbocycles. The lowest BCUT2D eigenvalue weighted by Crippen LogP contribution is -2.69. The molecule has 0 bridgehead atoms. The number of alkyl carbamates (subject to hydrolysis) is 1. The van der Waals surface area contributed by atoms with Crippen molar-refractivity contribution in [1.29, 1.82) is 0 Å². The zero-order chi connectivity index (χ0) is 23.3. The fourth-order valence-electron chi connectivity index (χ4n) is 5.55. The molecule has 0 radical (unpaired) electrons. The van der Waals surface area contributed by atoms with Crippen molar-refractivity contribution in [2.45, 2.75) is 57.2 Å². The van der Waals surface area contributed by atoms with Gasteiger partial charge >= 0.3 is 12.1 Å². The number of nitrogens with zero attached hydrogens (tertiary/aromatic N) is 1. The van der Waals surface area contributed by atoms with Crippen LogP contribution in [0.3, 0.4) is 0 Å². The van der Waals surface area contributed by atoms with Gasteiger partial charge in [0.15, 0.2) is 0 Å². The molecule has 2 atom stereocenters. The number of rotatable bonds is 4. The zero-order valence-electron chi connectivity index (χ0n) is 18.8. The molecule has 7 heteroatoms. The topological polar surface area (TPSA) is 99.1 Å². The van der Waals surface area contributed by atoms with Crippen LogP contribution in [0, 0.1) is 5.92 Å². The Labute approximate surface area is 188 Å². The Bertz CT molecular complexity index is 1000. The molecule has 1 amide bonds. The highest BCUT2D eigenvalue weighted by molar-refractivity contribution is 5.79. The van der Waals surface area contributed by atoms with E-state index in [9.17, 15) is 19.9 Å². The Hall–Kier alpha value is -2.90. The summed E-state index contributed by atoms with van der Waals surface area (Å²) in [5, 5.41) is 24.3. The van der Waals surface area contributed by atoms with E-state index in [1.54, 1.807) is 13.8 Å².